The third kappa shape index (κ3) is 4.17. The predicted molar refractivity (Wildman–Crippen MR) is 67.5 cm³/mol. The molecule has 0 aliphatic rings. The van der Waals surface area contributed by atoms with E-state index in [9.17, 15) is 23.3 Å². The van der Waals surface area contributed by atoms with E-state index in [1.54, 1.807) is 0 Å². The molecule has 0 unspecified atom stereocenters. The van der Waals surface area contributed by atoms with Gasteiger partial charge >= 0.3 is 0 Å². The average molecular weight is 306 g/mol. The third-order valence-electron chi connectivity index (χ3n) is 1.98. The van der Waals surface area contributed by atoms with Crippen molar-refractivity contribution in [2.24, 2.45) is 11.0 Å². The zero-order valence-corrected chi connectivity index (χ0v) is 11.0. The van der Waals surface area contributed by atoms with Gasteiger partial charge in [0.1, 0.15) is 0 Å². The van der Waals surface area contributed by atoms with E-state index < -0.39 is 26.5 Å². The van der Waals surface area contributed by atoms with E-state index in [1.807, 2.05) is 5.43 Å². The van der Waals surface area contributed by atoms with Gasteiger partial charge in [0.2, 0.25) is 15.9 Å². The van der Waals surface area contributed by atoms with E-state index in [2.05, 4.69) is 0 Å². The van der Waals surface area contributed by atoms with Crippen LogP contribution in [-0.4, -0.2) is 25.0 Å². The molecule has 1 aromatic rings. The number of nitrogens with zero attached hydrogens (tertiary/aromatic N) is 1. The summed E-state index contributed by atoms with van der Waals surface area (Å²) < 4.78 is 22.2. The van der Waals surface area contributed by atoms with Gasteiger partial charge in [0.05, 0.1) is 20.5 Å². The summed E-state index contributed by atoms with van der Waals surface area (Å²) in [5.41, 5.74) is 1.43. The molecule has 11 heteroatoms. The van der Waals surface area contributed by atoms with Gasteiger partial charge in [-0.3, -0.25) is 20.3 Å². The van der Waals surface area contributed by atoms with Gasteiger partial charge in [0.15, 0.2) is 0 Å². The van der Waals surface area contributed by atoms with Gasteiger partial charge in [-0.25, -0.2) is 19.4 Å². The van der Waals surface area contributed by atoms with E-state index in [0.29, 0.717) is 0 Å². The van der Waals surface area contributed by atoms with E-state index in [0.717, 1.165) is 23.9 Å². The molecule has 5 N–H and O–H groups in total. The lowest BCUT2D eigenvalue weighted by Crippen LogP contribution is -2.31. The van der Waals surface area contributed by atoms with Crippen LogP contribution in [0.25, 0.3) is 0 Å². The van der Waals surface area contributed by atoms with Gasteiger partial charge in [-0.15, -0.1) is 11.8 Å². The minimum Gasteiger partial charge on any atom is -0.294 e. The molecule has 0 atom stereocenters. The number of benzene rings is 1. The highest BCUT2D eigenvalue weighted by Gasteiger charge is 2.19. The Labute approximate surface area is 112 Å². The molecule has 1 amide bonds. The van der Waals surface area contributed by atoms with Gasteiger partial charge in [-0.1, -0.05) is 0 Å². The van der Waals surface area contributed by atoms with Gasteiger partial charge < -0.3 is 0 Å². The lowest BCUT2D eigenvalue weighted by molar-refractivity contribution is -0.388. The molecule has 1 rings (SSSR count). The van der Waals surface area contributed by atoms with Crippen molar-refractivity contribution in [3.63, 3.8) is 0 Å². The number of nitro groups is 1. The highest BCUT2D eigenvalue weighted by atomic mass is 32.2. The van der Waals surface area contributed by atoms with Gasteiger partial charge in [0, 0.05) is 6.07 Å². The second-order valence-electron chi connectivity index (χ2n) is 3.29. The second-order valence-corrected chi connectivity index (χ2v) is 5.87. The number of nitro benzene ring substituents is 1. The first-order valence-corrected chi connectivity index (χ1v) is 7.22. The topological polar surface area (TPSA) is 158 Å². The van der Waals surface area contributed by atoms with Crippen LogP contribution in [0.5, 0.6) is 0 Å². The summed E-state index contributed by atoms with van der Waals surface area (Å²) in [7, 11) is -4.02. The number of thioether (sulfide) groups is 1. The highest BCUT2D eigenvalue weighted by molar-refractivity contribution is 8.00. The Balaban J connectivity index is 3.12. The van der Waals surface area contributed by atoms with Gasteiger partial charge in [-0.05, 0) is 12.1 Å². The number of carbonyl (C=O) groups excluding carboxylic acids is 1. The van der Waals surface area contributed by atoms with Crippen LogP contribution < -0.4 is 16.4 Å². The fourth-order valence-electron chi connectivity index (χ4n) is 1.12. The Kier molecular flexibility index (Phi) is 4.83. The number of hydrogen-bond acceptors (Lipinski definition) is 7. The molecular weight excluding hydrogens is 296 g/mol. The molecule has 9 nitrogen and oxygen atoms in total. The van der Waals surface area contributed by atoms with Gasteiger partial charge in [0.25, 0.3) is 5.69 Å². The number of sulfonamides is 1. The third-order valence-corrected chi connectivity index (χ3v) is 3.95. The lowest BCUT2D eigenvalue weighted by atomic mass is 10.3. The number of nitrogens with one attached hydrogen (secondary N) is 1. The van der Waals surface area contributed by atoms with Gasteiger partial charge in [-0.2, -0.15) is 0 Å². The van der Waals surface area contributed by atoms with Crippen molar-refractivity contribution in [3.8, 4) is 0 Å². The van der Waals surface area contributed by atoms with Crippen molar-refractivity contribution in [2.75, 3.05) is 5.75 Å². The van der Waals surface area contributed by atoms with Crippen molar-refractivity contribution in [2.45, 2.75) is 9.79 Å². The molecule has 0 bridgehead atoms. The molecule has 1 aromatic carbocycles. The van der Waals surface area contributed by atoms with Crippen LogP contribution >= 0.6 is 11.8 Å². The lowest BCUT2D eigenvalue weighted by Gasteiger charge is -2.04. The quantitative estimate of drug-likeness (QED) is 0.214. The average Bonchev–Trinajstić information content (AvgIpc) is 2.34. The number of amides is 1. The predicted octanol–water partition coefficient (Wildman–Crippen LogP) is -0.676. The first kappa shape index (κ1) is 15.4. The maximum Gasteiger partial charge on any atom is 0.284 e. The molecule has 0 heterocycles. The monoisotopic (exact) mass is 306 g/mol. The molecular formula is C8H10N4O5S2. The van der Waals surface area contributed by atoms with Crippen LogP contribution in [0, 0.1) is 10.1 Å². The maximum atomic E-state index is 11.1. The zero-order valence-electron chi connectivity index (χ0n) is 9.40. The zero-order chi connectivity index (χ0) is 14.6. The molecule has 0 aliphatic heterocycles. The Morgan fingerprint density at radius 1 is 1.47 bits per heavy atom. The molecule has 0 saturated carbocycles. The van der Waals surface area contributed by atoms with E-state index in [4.69, 9.17) is 11.0 Å². The van der Waals surface area contributed by atoms with Crippen molar-refractivity contribution >= 4 is 33.4 Å². The summed E-state index contributed by atoms with van der Waals surface area (Å²) in [4.78, 5) is 20.8. The molecule has 0 spiro atoms. The molecule has 0 radical (unpaired) electrons. The molecule has 0 saturated heterocycles. The fraction of sp³-hybridized carbons (Fsp3) is 0.125. The Morgan fingerprint density at radius 2 is 2.11 bits per heavy atom. The molecule has 0 aromatic heterocycles. The van der Waals surface area contributed by atoms with E-state index >= 15 is 0 Å². The SMILES string of the molecule is NNC(=O)CSc1ccc(S(N)(=O)=O)cc1[N+](=O)[O-]. The first-order valence-electron chi connectivity index (χ1n) is 4.69. The fourth-order valence-corrected chi connectivity index (χ4v) is 2.47. The van der Waals surface area contributed by atoms with Crippen molar-refractivity contribution in [3.05, 3.63) is 28.3 Å². The number of nitrogens with two attached hydrogens (primary N) is 2. The van der Waals surface area contributed by atoms with Crippen LogP contribution in [0.3, 0.4) is 0 Å². The molecule has 0 aliphatic carbocycles. The maximum absolute atomic E-state index is 11.1. The number of carbonyl (C=O) groups is 1. The molecule has 0 fully saturated rings. The molecule has 104 valence electrons. The van der Waals surface area contributed by atoms with E-state index in [-0.39, 0.29) is 15.5 Å². The Hall–Kier alpha value is -1.69. The normalized spacial score (nSPS) is 11.1. The number of hydrazine groups is 1. The number of primary sulfonamides is 1. The Morgan fingerprint density at radius 3 is 2.58 bits per heavy atom. The number of rotatable bonds is 5. The molecule has 19 heavy (non-hydrogen) atoms. The Bertz CT molecular complexity index is 616. The number of hydrogen-bond donors (Lipinski definition) is 3. The minimum absolute atomic E-state index is 0.133. The summed E-state index contributed by atoms with van der Waals surface area (Å²) in [6, 6.07) is 3.19. The van der Waals surface area contributed by atoms with Crippen LogP contribution in [0.15, 0.2) is 28.0 Å². The smallest absolute Gasteiger partial charge is 0.284 e. The second kappa shape index (κ2) is 5.97. The standard InChI is InChI=1S/C8H10N4O5S2/c9-11-8(13)4-18-7-2-1-5(19(10,16)17)3-6(7)12(14)15/h1-3H,4,9H2,(H,11,13)(H2,10,16,17). The summed E-state index contributed by atoms with van der Waals surface area (Å²) in [5.74, 6) is 4.22. The minimum atomic E-state index is -4.02. The summed E-state index contributed by atoms with van der Waals surface area (Å²) in [5, 5.41) is 15.7. The highest BCUT2D eigenvalue weighted by Crippen LogP contribution is 2.30. The van der Waals surface area contributed by atoms with Crippen molar-refractivity contribution < 1.29 is 18.1 Å². The summed E-state index contributed by atoms with van der Waals surface area (Å²) in [6.07, 6.45) is 0. The first-order chi connectivity index (χ1) is 8.75. The van der Waals surface area contributed by atoms with Crippen LogP contribution in [0.2, 0.25) is 0 Å². The van der Waals surface area contributed by atoms with Crippen LogP contribution in [0.1, 0.15) is 0 Å². The van der Waals surface area contributed by atoms with Crippen molar-refractivity contribution in [1.29, 1.82) is 0 Å². The van der Waals surface area contributed by atoms with Crippen LogP contribution in [0.4, 0.5) is 5.69 Å². The summed E-state index contributed by atoms with van der Waals surface area (Å²) >= 11 is 0.858. The van der Waals surface area contributed by atoms with Crippen LogP contribution in [-0.2, 0) is 14.8 Å². The van der Waals surface area contributed by atoms with E-state index in [1.165, 1.54) is 6.07 Å². The van der Waals surface area contributed by atoms with Crippen molar-refractivity contribution in [1.82, 2.24) is 5.43 Å². The largest absolute Gasteiger partial charge is 0.294 e. The summed E-state index contributed by atoms with van der Waals surface area (Å²) in [6.45, 7) is 0.